The molecule has 0 amide bonds. The van der Waals surface area contributed by atoms with Crippen LogP contribution in [0.25, 0.3) is 0 Å². The van der Waals surface area contributed by atoms with Gasteiger partial charge < -0.3 is 14.2 Å². The highest BCUT2D eigenvalue weighted by Gasteiger charge is 2.35. The smallest absolute Gasteiger partial charge is 0.480 e. The van der Waals surface area contributed by atoms with Crippen LogP contribution in [0.2, 0.25) is 0 Å². The molecule has 0 spiro atoms. The molecule has 0 saturated heterocycles. The van der Waals surface area contributed by atoms with Gasteiger partial charge >= 0.3 is 6.16 Å². The third-order valence-corrected chi connectivity index (χ3v) is 4.34. The van der Waals surface area contributed by atoms with Crippen molar-refractivity contribution < 1.29 is 23.8 Å². The molecule has 5 heteroatoms. The predicted molar refractivity (Wildman–Crippen MR) is 90.9 cm³/mol. The number of benzene rings is 1. The Morgan fingerprint density at radius 3 is 2.33 bits per heavy atom. The van der Waals surface area contributed by atoms with Crippen molar-refractivity contribution in [1.82, 2.24) is 0 Å². The Morgan fingerprint density at radius 1 is 1.17 bits per heavy atom. The summed E-state index contributed by atoms with van der Waals surface area (Å²) < 4.78 is 16.7. The highest BCUT2D eigenvalue weighted by atomic mass is 16.7. The summed E-state index contributed by atoms with van der Waals surface area (Å²) >= 11 is 0. The summed E-state index contributed by atoms with van der Waals surface area (Å²) in [6.45, 7) is 12.8. The molecule has 0 aromatic heterocycles. The monoisotopic (exact) mass is 334 g/mol. The first-order chi connectivity index (χ1) is 11.0. The van der Waals surface area contributed by atoms with Gasteiger partial charge in [0.25, 0.3) is 0 Å². The van der Waals surface area contributed by atoms with Crippen LogP contribution in [-0.2, 0) is 16.0 Å². The number of hydrogen-bond donors (Lipinski definition) is 0. The molecule has 0 aliphatic carbocycles. The van der Waals surface area contributed by atoms with Crippen LogP contribution in [0.5, 0.6) is 11.5 Å². The Balaban J connectivity index is 2.42. The van der Waals surface area contributed by atoms with Crippen LogP contribution in [0.3, 0.4) is 0 Å². The lowest BCUT2D eigenvalue weighted by Crippen LogP contribution is -2.38. The van der Waals surface area contributed by atoms with Crippen LogP contribution in [0, 0.1) is 20.8 Å². The zero-order chi connectivity index (χ0) is 18.3. The quantitative estimate of drug-likeness (QED) is 0.460. The largest absolute Gasteiger partial charge is 0.514 e. The second-order valence-electron chi connectivity index (χ2n) is 7.61. The van der Waals surface area contributed by atoms with Gasteiger partial charge in [-0.15, -0.1) is 0 Å². The number of rotatable bonds is 2. The molecule has 0 radical (unpaired) electrons. The van der Waals surface area contributed by atoms with Crippen molar-refractivity contribution in [2.45, 2.75) is 72.5 Å². The van der Waals surface area contributed by atoms with Crippen molar-refractivity contribution in [3.05, 3.63) is 22.3 Å². The number of carbonyl (C=O) groups excluding carboxylic acids is 2. The number of hydrogen-bond acceptors (Lipinski definition) is 5. The first-order valence-electron chi connectivity index (χ1n) is 8.16. The highest BCUT2D eigenvalue weighted by Crippen LogP contribution is 2.43. The maximum atomic E-state index is 12.0. The molecule has 132 valence electrons. The predicted octanol–water partition coefficient (Wildman–Crippen LogP) is 4.21. The summed E-state index contributed by atoms with van der Waals surface area (Å²) in [4.78, 5) is 23.3. The van der Waals surface area contributed by atoms with E-state index in [1.54, 1.807) is 27.7 Å². The SMILES string of the molecule is Cc1c(C)c2c(c(C)c1OC(=O)OC(C)(C)C)CCC(C)(C=O)O2. The second kappa shape index (κ2) is 6.11. The number of carbonyl (C=O) groups is 2. The molecule has 1 atom stereocenters. The molecule has 1 aromatic carbocycles. The summed E-state index contributed by atoms with van der Waals surface area (Å²) in [5, 5.41) is 0. The molecule has 0 bridgehead atoms. The van der Waals surface area contributed by atoms with Gasteiger partial charge in [-0.2, -0.15) is 0 Å². The molecule has 1 aliphatic rings. The van der Waals surface area contributed by atoms with E-state index in [1.807, 2.05) is 20.8 Å². The normalized spacial score (nSPS) is 20.0. The first kappa shape index (κ1) is 18.3. The Hall–Kier alpha value is -2.04. The zero-order valence-corrected chi connectivity index (χ0v) is 15.5. The standard InChI is InChI=1S/C19H26O5/c1-11-12(2)16-14(8-9-19(7,10-20)23-16)13(3)15(11)22-17(21)24-18(4,5)6/h10H,8-9H2,1-7H3. The lowest BCUT2D eigenvalue weighted by Gasteiger charge is -2.34. The van der Waals surface area contributed by atoms with Gasteiger partial charge in [0.15, 0.2) is 11.9 Å². The lowest BCUT2D eigenvalue weighted by molar-refractivity contribution is -0.121. The van der Waals surface area contributed by atoms with Crippen LogP contribution < -0.4 is 9.47 Å². The maximum Gasteiger partial charge on any atom is 0.514 e. The van der Waals surface area contributed by atoms with E-state index >= 15 is 0 Å². The van der Waals surface area contributed by atoms with E-state index in [9.17, 15) is 9.59 Å². The molecule has 0 saturated carbocycles. The molecule has 2 rings (SSSR count). The van der Waals surface area contributed by atoms with Crippen molar-refractivity contribution in [3.8, 4) is 11.5 Å². The van der Waals surface area contributed by atoms with Crippen LogP contribution >= 0.6 is 0 Å². The van der Waals surface area contributed by atoms with Crippen LogP contribution in [0.15, 0.2) is 0 Å². The van der Waals surface area contributed by atoms with E-state index in [-0.39, 0.29) is 0 Å². The van der Waals surface area contributed by atoms with Gasteiger partial charge in [0.2, 0.25) is 0 Å². The Kier molecular flexibility index (Phi) is 4.66. The minimum atomic E-state index is -0.801. The zero-order valence-electron chi connectivity index (χ0n) is 15.5. The van der Waals surface area contributed by atoms with Crippen LogP contribution in [0.4, 0.5) is 4.79 Å². The van der Waals surface area contributed by atoms with E-state index in [4.69, 9.17) is 14.2 Å². The molecule has 1 aliphatic heterocycles. The van der Waals surface area contributed by atoms with Crippen molar-refractivity contribution in [2.24, 2.45) is 0 Å². The van der Waals surface area contributed by atoms with Crippen LogP contribution in [0.1, 0.15) is 56.4 Å². The van der Waals surface area contributed by atoms with E-state index in [0.717, 1.165) is 34.3 Å². The molecule has 1 heterocycles. The molecule has 0 N–H and O–H groups in total. The molecule has 0 fully saturated rings. The van der Waals surface area contributed by atoms with Gasteiger partial charge in [0.05, 0.1) is 0 Å². The minimum Gasteiger partial charge on any atom is -0.480 e. The van der Waals surface area contributed by atoms with Gasteiger partial charge in [0, 0.05) is 5.56 Å². The van der Waals surface area contributed by atoms with Gasteiger partial charge in [-0.25, -0.2) is 4.79 Å². The maximum absolute atomic E-state index is 12.0. The average molecular weight is 334 g/mol. The first-order valence-corrected chi connectivity index (χ1v) is 8.16. The van der Waals surface area contributed by atoms with Crippen molar-refractivity contribution in [2.75, 3.05) is 0 Å². The van der Waals surface area contributed by atoms with Gasteiger partial charge in [0.1, 0.15) is 17.1 Å². The lowest BCUT2D eigenvalue weighted by atomic mass is 9.88. The van der Waals surface area contributed by atoms with E-state index in [1.165, 1.54) is 0 Å². The molecule has 5 nitrogen and oxygen atoms in total. The fourth-order valence-corrected chi connectivity index (χ4v) is 2.84. The summed E-state index contributed by atoms with van der Waals surface area (Å²) in [6, 6.07) is 0. The molecule has 1 aromatic rings. The summed E-state index contributed by atoms with van der Waals surface area (Å²) in [6.07, 6.45) is 1.43. The topological polar surface area (TPSA) is 61.8 Å². The van der Waals surface area contributed by atoms with E-state index < -0.39 is 17.4 Å². The van der Waals surface area contributed by atoms with Crippen LogP contribution in [-0.4, -0.2) is 23.6 Å². The Bertz CT molecular complexity index is 684. The molecular weight excluding hydrogens is 308 g/mol. The number of aldehydes is 1. The number of fused-ring (bicyclic) bond motifs is 1. The highest BCUT2D eigenvalue weighted by molar-refractivity contribution is 5.70. The van der Waals surface area contributed by atoms with Crippen molar-refractivity contribution >= 4 is 12.4 Å². The summed E-state index contributed by atoms with van der Waals surface area (Å²) in [5.74, 6) is 1.24. The fourth-order valence-electron chi connectivity index (χ4n) is 2.84. The second-order valence-corrected chi connectivity index (χ2v) is 7.61. The third kappa shape index (κ3) is 3.55. The summed E-state index contributed by atoms with van der Waals surface area (Å²) in [7, 11) is 0. The number of ether oxygens (including phenoxy) is 3. The van der Waals surface area contributed by atoms with Crippen molar-refractivity contribution in [1.29, 1.82) is 0 Å². The van der Waals surface area contributed by atoms with Gasteiger partial charge in [-0.1, -0.05) is 0 Å². The van der Waals surface area contributed by atoms with E-state index in [0.29, 0.717) is 18.6 Å². The third-order valence-electron chi connectivity index (χ3n) is 4.34. The average Bonchev–Trinajstić information content (AvgIpc) is 2.47. The van der Waals surface area contributed by atoms with Gasteiger partial charge in [-0.05, 0) is 78.0 Å². The Morgan fingerprint density at radius 2 is 1.79 bits per heavy atom. The summed E-state index contributed by atoms with van der Waals surface area (Å²) in [5.41, 5.74) is 2.11. The molecular formula is C19H26O5. The van der Waals surface area contributed by atoms with Gasteiger partial charge in [-0.3, -0.25) is 4.79 Å². The van der Waals surface area contributed by atoms with Crippen molar-refractivity contribution in [3.63, 3.8) is 0 Å². The van der Waals surface area contributed by atoms with E-state index in [2.05, 4.69) is 0 Å². The molecule has 1 unspecified atom stereocenters. The minimum absolute atomic E-state index is 0.513. The fraction of sp³-hybridized carbons (Fsp3) is 0.579. The molecule has 24 heavy (non-hydrogen) atoms. The Labute approximate surface area is 143 Å².